The van der Waals surface area contributed by atoms with Crippen LogP contribution in [0.3, 0.4) is 0 Å². The van der Waals surface area contributed by atoms with Gasteiger partial charge in [-0.2, -0.15) is 5.26 Å². The Kier molecular flexibility index (Phi) is 4.92. The largest absolute Gasteiger partial charge is 0.461 e. The lowest BCUT2D eigenvalue weighted by atomic mass is 9.81. The molecular weight excluding hydrogens is 304 g/mol. The molecule has 0 aliphatic carbocycles. The number of aromatic nitrogens is 2. The van der Waals surface area contributed by atoms with Crippen LogP contribution in [0.2, 0.25) is 0 Å². The number of nitrogens with zero attached hydrogens (tertiary/aromatic N) is 3. The highest BCUT2D eigenvalue weighted by atomic mass is 16.5. The van der Waals surface area contributed by atoms with E-state index in [1.54, 1.807) is 19.4 Å². The van der Waals surface area contributed by atoms with E-state index in [0.717, 1.165) is 24.2 Å². The minimum absolute atomic E-state index is 0.0621. The summed E-state index contributed by atoms with van der Waals surface area (Å²) in [5, 5.41) is 12.7. The highest BCUT2D eigenvalue weighted by molar-refractivity contribution is 5.87. The third-order valence-corrected chi connectivity index (χ3v) is 4.33. The maximum Gasteiger partial charge on any atom is 0.358 e. The number of carbonyl (C=O) groups excluding carboxylic acids is 1. The number of imidazole rings is 1. The monoisotopic (exact) mass is 324 g/mol. The molecule has 1 saturated heterocycles. The van der Waals surface area contributed by atoms with Gasteiger partial charge in [0.2, 0.25) is 0 Å². The van der Waals surface area contributed by atoms with Crippen LogP contribution >= 0.6 is 0 Å². The zero-order valence-corrected chi connectivity index (χ0v) is 13.6. The van der Waals surface area contributed by atoms with Gasteiger partial charge in [0.05, 0.1) is 24.3 Å². The van der Waals surface area contributed by atoms with Crippen molar-refractivity contribution in [1.82, 2.24) is 14.9 Å². The van der Waals surface area contributed by atoms with E-state index in [9.17, 15) is 10.1 Å². The van der Waals surface area contributed by atoms with Gasteiger partial charge in [0.1, 0.15) is 6.33 Å². The highest BCUT2D eigenvalue weighted by Gasteiger charge is 2.28. The molecule has 2 heterocycles. The average molecular weight is 324 g/mol. The Balaban J connectivity index is 1.95. The molecule has 1 aliphatic rings. The summed E-state index contributed by atoms with van der Waals surface area (Å²) in [6.45, 7) is 3.69. The first kappa shape index (κ1) is 16.2. The first-order valence-electron chi connectivity index (χ1n) is 8.15. The third-order valence-electron chi connectivity index (χ3n) is 4.33. The molecule has 124 valence electrons. The van der Waals surface area contributed by atoms with Crippen LogP contribution in [0.4, 0.5) is 0 Å². The number of para-hydroxylation sites is 1. The van der Waals surface area contributed by atoms with E-state index in [1.807, 2.05) is 22.8 Å². The molecule has 1 aromatic heterocycles. The van der Waals surface area contributed by atoms with Crippen molar-refractivity contribution in [2.24, 2.45) is 5.92 Å². The van der Waals surface area contributed by atoms with Crippen LogP contribution in [0.25, 0.3) is 5.69 Å². The summed E-state index contributed by atoms with van der Waals surface area (Å²) in [5.41, 5.74) is 2.35. The van der Waals surface area contributed by atoms with Gasteiger partial charge in [-0.3, -0.25) is 0 Å². The molecule has 24 heavy (non-hydrogen) atoms. The second-order valence-electron chi connectivity index (χ2n) is 5.78. The number of carbonyl (C=O) groups is 1. The maximum absolute atomic E-state index is 11.8. The summed E-state index contributed by atoms with van der Waals surface area (Å²) < 4.78 is 6.82. The van der Waals surface area contributed by atoms with Crippen molar-refractivity contribution in [3.8, 4) is 11.8 Å². The fourth-order valence-electron chi connectivity index (χ4n) is 3.17. The average Bonchev–Trinajstić information content (AvgIpc) is 3.12. The maximum atomic E-state index is 11.8. The smallest absolute Gasteiger partial charge is 0.358 e. The van der Waals surface area contributed by atoms with Crippen molar-refractivity contribution in [3.05, 3.63) is 48.0 Å². The summed E-state index contributed by atoms with van der Waals surface area (Å²) >= 11 is 0. The molecule has 0 radical (unpaired) electrons. The molecule has 6 nitrogen and oxygen atoms in total. The van der Waals surface area contributed by atoms with E-state index < -0.39 is 5.97 Å². The number of benzene rings is 1. The second-order valence-corrected chi connectivity index (χ2v) is 5.78. The van der Waals surface area contributed by atoms with E-state index in [-0.39, 0.29) is 17.5 Å². The molecule has 3 rings (SSSR count). The molecule has 1 aliphatic heterocycles. The Morgan fingerprint density at radius 3 is 3.12 bits per heavy atom. The third kappa shape index (κ3) is 3.17. The second kappa shape index (κ2) is 7.28. The first-order chi connectivity index (χ1) is 11.7. The van der Waals surface area contributed by atoms with Gasteiger partial charge in [-0.25, -0.2) is 9.78 Å². The van der Waals surface area contributed by atoms with E-state index in [1.165, 1.54) is 0 Å². The van der Waals surface area contributed by atoms with Gasteiger partial charge in [0.15, 0.2) is 5.69 Å². The van der Waals surface area contributed by atoms with E-state index >= 15 is 0 Å². The van der Waals surface area contributed by atoms with Crippen LogP contribution < -0.4 is 5.32 Å². The lowest BCUT2D eigenvalue weighted by Crippen LogP contribution is -2.35. The Labute approximate surface area is 141 Å². The Morgan fingerprint density at radius 1 is 1.50 bits per heavy atom. The van der Waals surface area contributed by atoms with Crippen molar-refractivity contribution >= 4 is 5.97 Å². The molecule has 0 spiro atoms. The van der Waals surface area contributed by atoms with Crippen LogP contribution in [0.5, 0.6) is 0 Å². The highest BCUT2D eigenvalue weighted by Crippen LogP contribution is 2.33. The number of nitrogens with one attached hydrogen (secondary N) is 1. The van der Waals surface area contributed by atoms with Crippen LogP contribution in [0.1, 0.15) is 35.3 Å². The topological polar surface area (TPSA) is 79.9 Å². The fraction of sp³-hybridized carbons (Fsp3) is 0.389. The normalized spacial score (nSPS) is 20.3. The van der Waals surface area contributed by atoms with Gasteiger partial charge in [-0.05, 0) is 31.5 Å². The molecule has 0 amide bonds. The van der Waals surface area contributed by atoms with Crippen molar-refractivity contribution in [2.75, 3.05) is 19.7 Å². The van der Waals surface area contributed by atoms with Crippen molar-refractivity contribution in [2.45, 2.75) is 19.3 Å². The van der Waals surface area contributed by atoms with E-state index in [0.29, 0.717) is 13.2 Å². The predicted molar refractivity (Wildman–Crippen MR) is 88.9 cm³/mol. The Bertz CT molecular complexity index is 762. The molecule has 6 heteroatoms. The van der Waals surface area contributed by atoms with Crippen LogP contribution in [-0.2, 0) is 4.74 Å². The summed E-state index contributed by atoms with van der Waals surface area (Å²) in [6, 6.07) is 10.4. The number of nitriles is 1. The molecule has 1 fully saturated rings. The Morgan fingerprint density at radius 2 is 2.33 bits per heavy atom. The molecule has 1 aromatic carbocycles. The predicted octanol–water partition coefficient (Wildman–Crippen LogP) is 2.27. The van der Waals surface area contributed by atoms with Gasteiger partial charge in [0.25, 0.3) is 0 Å². The summed E-state index contributed by atoms with van der Waals surface area (Å²) in [4.78, 5) is 16.0. The van der Waals surface area contributed by atoms with Gasteiger partial charge in [0, 0.05) is 18.7 Å². The molecular formula is C18H20N4O2. The minimum Gasteiger partial charge on any atom is -0.461 e. The fourth-order valence-corrected chi connectivity index (χ4v) is 3.17. The van der Waals surface area contributed by atoms with Crippen molar-refractivity contribution < 1.29 is 9.53 Å². The van der Waals surface area contributed by atoms with Gasteiger partial charge < -0.3 is 14.6 Å². The molecule has 1 N–H and O–H groups in total. The molecule has 2 aromatic rings. The zero-order chi connectivity index (χ0) is 16.9. The number of ether oxygens (including phenoxy) is 1. The first-order valence-corrected chi connectivity index (χ1v) is 8.15. The summed E-state index contributed by atoms with van der Waals surface area (Å²) in [7, 11) is 0. The number of rotatable bonds is 4. The van der Waals surface area contributed by atoms with Crippen LogP contribution in [-0.4, -0.2) is 35.2 Å². The lowest BCUT2D eigenvalue weighted by Gasteiger charge is -2.29. The van der Waals surface area contributed by atoms with Gasteiger partial charge in [-0.1, -0.05) is 18.2 Å². The Hall–Kier alpha value is -2.65. The molecule has 0 saturated carbocycles. The van der Waals surface area contributed by atoms with Crippen molar-refractivity contribution in [3.63, 3.8) is 0 Å². The number of esters is 1. The van der Waals surface area contributed by atoms with E-state index in [4.69, 9.17) is 4.74 Å². The quantitative estimate of drug-likeness (QED) is 0.873. The van der Waals surface area contributed by atoms with E-state index in [2.05, 4.69) is 22.4 Å². The molecule has 2 unspecified atom stereocenters. The van der Waals surface area contributed by atoms with Crippen LogP contribution in [0, 0.1) is 17.2 Å². The standard InChI is InChI=1S/C18H20N4O2/c1-2-24-18(23)16-11-22(12-21-16)17-6-4-3-5-15(17)14-7-8-20-10-13(14)9-19/h3-6,11-14,20H,2,7-8,10H2,1H3. The number of hydrogen-bond acceptors (Lipinski definition) is 5. The van der Waals surface area contributed by atoms with Crippen molar-refractivity contribution in [1.29, 1.82) is 5.26 Å². The molecule has 0 bridgehead atoms. The molecule has 2 atom stereocenters. The van der Waals surface area contributed by atoms with Gasteiger partial charge in [-0.15, -0.1) is 0 Å². The minimum atomic E-state index is -0.425. The summed E-state index contributed by atoms with van der Waals surface area (Å²) in [5.74, 6) is -0.320. The SMILES string of the molecule is CCOC(=O)c1cn(-c2ccccc2C2CCNCC2C#N)cn1. The van der Waals surface area contributed by atoms with Gasteiger partial charge >= 0.3 is 5.97 Å². The van der Waals surface area contributed by atoms with Crippen LogP contribution in [0.15, 0.2) is 36.8 Å². The number of hydrogen-bond donors (Lipinski definition) is 1. The summed E-state index contributed by atoms with van der Waals surface area (Å²) in [6.07, 6.45) is 4.21. The zero-order valence-electron chi connectivity index (χ0n) is 13.6. The lowest BCUT2D eigenvalue weighted by molar-refractivity contribution is 0.0520. The number of piperidine rings is 1.